The third kappa shape index (κ3) is 2.38. The quantitative estimate of drug-likeness (QED) is 0.803. The highest BCUT2D eigenvalue weighted by atomic mass is 32.2. The van der Waals surface area contributed by atoms with Crippen molar-refractivity contribution in [1.29, 1.82) is 0 Å². The summed E-state index contributed by atoms with van der Waals surface area (Å²) in [5, 5.41) is 3.42. The maximum absolute atomic E-state index is 12.4. The topological polar surface area (TPSA) is 32.3 Å². The molecule has 4 heteroatoms. The summed E-state index contributed by atoms with van der Waals surface area (Å²) in [5.41, 5.74) is -0.356. The van der Waals surface area contributed by atoms with Crippen molar-refractivity contribution in [1.82, 2.24) is 10.2 Å². The summed E-state index contributed by atoms with van der Waals surface area (Å²) in [7, 11) is 0. The Hall–Kier alpha value is -0.220. The van der Waals surface area contributed by atoms with E-state index in [2.05, 4.69) is 32.3 Å². The molecule has 3 nitrogen and oxygen atoms in total. The minimum Gasteiger partial charge on any atom is -0.322 e. The lowest BCUT2D eigenvalue weighted by atomic mass is 9.99. The Kier molecular flexibility index (Phi) is 4.68. The maximum atomic E-state index is 12.4. The molecule has 1 amide bonds. The standard InChI is InChI=1S/C12H24N2OS/c1-6-10(8-16-5)14-9(3)13-12(4,7-2)11(14)15/h9-10,13H,6-8H2,1-5H3. The largest absolute Gasteiger partial charge is 0.322 e. The van der Waals surface area contributed by atoms with Crippen molar-refractivity contribution in [3.05, 3.63) is 0 Å². The van der Waals surface area contributed by atoms with Crippen molar-refractivity contribution in [3.8, 4) is 0 Å². The van der Waals surface area contributed by atoms with E-state index < -0.39 is 0 Å². The van der Waals surface area contributed by atoms with Crippen LogP contribution in [0.4, 0.5) is 0 Å². The van der Waals surface area contributed by atoms with E-state index in [1.807, 2.05) is 23.6 Å². The van der Waals surface area contributed by atoms with Gasteiger partial charge in [0.2, 0.25) is 5.91 Å². The molecule has 0 radical (unpaired) electrons. The van der Waals surface area contributed by atoms with Gasteiger partial charge in [-0.3, -0.25) is 10.1 Å². The van der Waals surface area contributed by atoms with Gasteiger partial charge in [-0.15, -0.1) is 0 Å². The Balaban J connectivity index is 2.84. The number of rotatable bonds is 5. The second-order valence-electron chi connectivity index (χ2n) is 4.74. The van der Waals surface area contributed by atoms with Gasteiger partial charge in [0, 0.05) is 11.8 Å². The average Bonchev–Trinajstić information content (AvgIpc) is 2.48. The summed E-state index contributed by atoms with van der Waals surface area (Å²) < 4.78 is 0. The first-order chi connectivity index (χ1) is 7.50. The zero-order valence-corrected chi connectivity index (χ0v) is 11.9. The van der Waals surface area contributed by atoms with Gasteiger partial charge in [-0.25, -0.2) is 0 Å². The Morgan fingerprint density at radius 3 is 2.56 bits per heavy atom. The molecule has 1 aliphatic heterocycles. The van der Waals surface area contributed by atoms with Gasteiger partial charge in [0.05, 0.1) is 11.7 Å². The third-order valence-electron chi connectivity index (χ3n) is 3.58. The van der Waals surface area contributed by atoms with Crippen LogP contribution in [-0.4, -0.2) is 40.6 Å². The molecule has 0 bridgehead atoms. The molecule has 1 fully saturated rings. The number of carbonyl (C=O) groups excluding carboxylic acids is 1. The van der Waals surface area contributed by atoms with Crippen molar-refractivity contribution in [2.75, 3.05) is 12.0 Å². The molecule has 0 aromatic heterocycles. The lowest BCUT2D eigenvalue weighted by molar-refractivity contribution is -0.134. The second kappa shape index (κ2) is 5.41. The maximum Gasteiger partial charge on any atom is 0.244 e. The third-order valence-corrected chi connectivity index (χ3v) is 4.30. The van der Waals surface area contributed by atoms with Crippen LogP contribution in [0.15, 0.2) is 0 Å². The zero-order valence-electron chi connectivity index (χ0n) is 11.0. The first-order valence-electron chi connectivity index (χ1n) is 6.09. The molecule has 0 aliphatic carbocycles. The molecule has 1 N–H and O–H groups in total. The Labute approximate surface area is 103 Å². The Morgan fingerprint density at radius 2 is 2.19 bits per heavy atom. The zero-order chi connectivity index (χ0) is 12.3. The van der Waals surface area contributed by atoms with Crippen LogP contribution in [0.25, 0.3) is 0 Å². The summed E-state index contributed by atoms with van der Waals surface area (Å²) >= 11 is 1.81. The monoisotopic (exact) mass is 244 g/mol. The predicted molar refractivity (Wildman–Crippen MR) is 70.6 cm³/mol. The fourth-order valence-electron chi connectivity index (χ4n) is 2.38. The van der Waals surface area contributed by atoms with Crippen molar-refractivity contribution >= 4 is 17.7 Å². The summed E-state index contributed by atoms with van der Waals surface area (Å²) in [6.07, 6.45) is 4.13. The molecule has 0 aromatic carbocycles. The molecule has 0 aromatic rings. The Bertz CT molecular complexity index is 259. The van der Waals surface area contributed by atoms with Gasteiger partial charge < -0.3 is 4.90 Å². The molecular weight excluding hydrogens is 220 g/mol. The van der Waals surface area contributed by atoms with Crippen LogP contribution in [-0.2, 0) is 4.79 Å². The van der Waals surface area contributed by atoms with Crippen LogP contribution in [0, 0.1) is 0 Å². The normalized spacial score (nSPS) is 32.2. The summed E-state index contributed by atoms with van der Waals surface area (Å²) in [6.45, 7) is 8.32. The van der Waals surface area contributed by atoms with Gasteiger partial charge in [-0.1, -0.05) is 13.8 Å². The molecule has 0 saturated carbocycles. The summed E-state index contributed by atoms with van der Waals surface area (Å²) in [6, 6.07) is 0.360. The van der Waals surface area contributed by atoms with Crippen LogP contribution < -0.4 is 5.32 Å². The number of amides is 1. The van der Waals surface area contributed by atoms with Crippen LogP contribution in [0.3, 0.4) is 0 Å². The summed E-state index contributed by atoms with van der Waals surface area (Å²) in [4.78, 5) is 14.4. The molecule has 3 atom stereocenters. The molecule has 1 aliphatic rings. The van der Waals surface area contributed by atoms with Gasteiger partial charge in [0.1, 0.15) is 0 Å². The number of carbonyl (C=O) groups is 1. The van der Waals surface area contributed by atoms with Crippen LogP contribution in [0.2, 0.25) is 0 Å². The smallest absolute Gasteiger partial charge is 0.244 e. The van der Waals surface area contributed by atoms with Crippen molar-refractivity contribution in [3.63, 3.8) is 0 Å². The highest BCUT2D eigenvalue weighted by Crippen LogP contribution is 2.27. The lowest BCUT2D eigenvalue weighted by Crippen LogP contribution is -2.45. The fraction of sp³-hybridized carbons (Fsp3) is 0.917. The van der Waals surface area contributed by atoms with Gasteiger partial charge in [0.25, 0.3) is 0 Å². The highest BCUT2D eigenvalue weighted by molar-refractivity contribution is 7.98. The highest BCUT2D eigenvalue weighted by Gasteiger charge is 2.46. The SMILES string of the molecule is CCC(CSC)N1C(=O)C(C)(CC)NC1C. The molecule has 1 heterocycles. The fourth-order valence-corrected chi connectivity index (χ4v) is 3.16. The van der Waals surface area contributed by atoms with Crippen LogP contribution in [0.5, 0.6) is 0 Å². The van der Waals surface area contributed by atoms with Gasteiger partial charge >= 0.3 is 0 Å². The second-order valence-corrected chi connectivity index (χ2v) is 5.65. The molecule has 0 spiro atoms. The lowest BCUT2D eigenvalue weighted by Gasteiger charge is -2.30. The van der Waals surface area contributed by atoms with Crippen molar-refractivity contribution < 1.29 is 4.79 Å². The molecule has 94 valence electrons. The number of nitrogens with zero attached hydrogens (tertiary/aromatic N) is 1. The van der Waals surface area contributed by atoms with E-state index in [9.17, 15) is 4.79 Å². The number of hydrogen-bond acceptors (Lipinski definition) is 3. The molecule has 1 saturated heterocycles. The van der Waals surface area contributed by atoms with Crippen molar-refractivity contribution in [2.24, 2.45) is 0 Å². The first kappa shape index (κ1) is 13.8. The number of nitrogens with one attached hydrogen (secondary N) is 1. The predicted octanol–water partition coefficient (Wildman–Crippen LogP) is 2.07. The average molecular weight is 244 g/mol. The first-order valence-corrected chi connectivity index (χ1v) is 7.49. The molecule has 3 unspecified atom stereocenters. The number of hydrogen-bond donors (Lipinski definition) is 1. The van der Waals surface area contributed by atoms with E-state index >= 15 is 0 Å². The van der Waals surface area contributed by atoms with E-state index in [0.29, 0.717) is 6.04 Å². The van der Waals surface area contributed by atoms with Crippen LogP contribution in [0.1, 0.15) is 40.5 Å². The minimum atomic E-state index is -0.356. The Morgan fingerprint density at radius 1 is 1.56 bits per heavy atom. The number of thioether (sulfide) groups is 1. The van der Waals surface area contributed by atoms with Gasteiger partial charge in [-0.2, -0.15) is 11.8 Å². The van der Waals surface area contributed by atoms with E-state index in [1.54, 1.807) is 0 Å². The minimum absolute atomic E-state index is 0.162. The van der Waals surface area contributed by atoms with Crippen molar-refractivity contribution in [2.45, 2.75) is 58.3 Å². The van der Waals surface area contributed by atoms with E-state index in [0.717, 1.165) is 18.6 Å². The van der Waals surface area contributed by atoms with Crippen LogP contribution >= 0.6 is 11.8 Å². The van der Waals surface area contributed by atoms with E-state index in [-0.39, 0.29) is 17.6 Å². The molecule has 16 heavy (non-hydrogen) atoms. The van der Waals surface area contributed by atoms with Gasteiger partial charge in [0.15, 0.2) is 0 Å². The van der Waals surface area contributed by atoms with E-state index in [1.165, 1.54) is 0 Å². The molecule has 1 rings (SSSR count). The van der Waals surface area contributed by atoms with Gasteiger partial charge in [-0.05, 0) is 32.9 Å². The van der Waals surface area contributed by atoms with E-state index in [4.69, 9.17) is 0 Å². The summed E-state index contributed by atoms with van der Waals surface area (Å²) in [5.74, 6) is 1.29. The molecular formula is C12H24N2OS.